The van der Waals surface area contributed by atoms with Gasteiger partial charge in [-0.05, 0) is 40.2 Å². The molecule has 0 amide bonds. The molecule has 3 nitrogen and oxygen atoms in total. The standard InChI is InChI=1S/C15H9BrCl2N2O/c16-10-3-1-2-9-13(7-14(21)20-15(9)10)19-8-4-5-11(17)12(18)6-8/h1-7H,(H2,19,20,21). The van der Waals surface area contributed by atoms with Gasteiger partial charge >= 0.3 is 0 Å². The maximum absolute atomic E-state index is 11.8. The molecule has 2 aromatic carbocycles. The fraction of sp³-hybridized carbons (Fsp3) is 0. The fourth-order valence-electron chi connectivity index (χ4n) is 2.08. The minimum Gasteiger partial charge on any atom is -0.355 e. The van der Waals surface area contributed by atoms with Gasteiger partial charge in [-0.2, -0.15) is 0 Å². The first-order valence-corrected chi connectivity index (χ1v) is 7.63. The molecule has 0 fully saturated rings. The van der Waals surface area contributed by atoms with Crippen molar-refractivity contribution < 1.29 is 0 Å². The number of benzene rings is 2. The first-order chi connectivity index (χ1) is 10.0. The van der Waals surface area contributed by atoms with Crippen molar-refractivity contribution in [2.24, 2.45) is 0 Å². The van der Waals surface area contributed by atoms with Crippen LogP contribution in [0.15, 0.2) is 51.7 Å². The molecule has 0 radical (unpaired) electrons. The molecule has 21 heavy (non-hydrogen) atoms. The molecular formula is C15H9BrCl2N2O. The molecule has 0 saturated carbocycles. The minimum atomic E-state index is -0.183. The third-order valence-corrected chi connectivity index (χ3v) is 4.43. The lowest BCUT2D eigenvalue weighted by Gasteiger charge is -2.11. The normalized spacial score (nSPS) is 10.8. The van der Waals surface area contributed by atoms with Crippen LogP contribution in [-0.4, -0.2) is 4.98 Å². The first-order valence-electron chi connectivity index (χ1n) is 6.08. The topological polar surface area (TPSA) is 44.9 Å². The highest BCUT2D eigenvalue weighted by Crippen LogP contribution is 2.30. The third-order valence-electron chi connectivity index (χ3n) is 3.03. The molecule has 6 heteroatoms. The highest BCUT2D eigenvalue weighted by atomic mass is 79.9. The van der Waals surface area contributed by atoms with Crippen LogP contribution < -0.4 is 10.9 Å². The summed E-state index contributed by atoms with van der Waals surface area (Å²) in [5.41, 5.74) is 2.02. The zero-order valence-corrected chi connectivity index (χ0v) is 13.7. The van der Waals surface area contributed by atoms with E-state index in [-0.39, 0.29) is 5.56 Å². The Morgan fingerprint density at radius 2 is 1.86 bits per heavy atom. The SMILES string of the molecule is O=c1cc(Nc2ccc(Cl)c(Cl)c2)c2cccc(Br)c2[nH]1. The lowest BCUT2D eigenvalue weighted by atomic mass is 10.2. The van der Waals surface area contributed by atoms with Gasteiger partial charge in [0.2, 0.25) is 0 Å². The van der Waals surface area contributed by atoms with Crippen LogP contribution in [0.1, 0.15) is 0 Å². The zero-order chi connectivity index (χ0) is 15.0. The monoisotopic (exact) mass is 382 g/mol. The Morgan fingerprint density at radius 3 is 2.62 bits per heavy atom. The van der Waals surface area contributed by atoms with Gasteiger partial charge in [0.1, 0.15) is 0 Å². The Balaban J connectivity index is 2.14. The van der Waals surface area contributed by atoms with Gasteiger partial charge < -0.3 is 10.3 Å². The van der Waals surface area contributed by atoms with Crippen molar-refractivity contribution in [1.82, 2.24) is 4.98 Å². The second-order valence-electron chi connectivity index (χ2n) is 4.46. The number of hydrogen-bond donors (Lipinski definition) is 2. The van der Waals surface area contributed by atoms with Crippen molar-refractivity contribution in [3.63, 3.8) is 0 Å². The van der Waals surface area contributed by atoms with Gasteiger partial charge in [0.05, 0.1) is 21.2 Å². The van der Waals surface area contributed by atoms with E-state index >= 15 is 0 Å². The zero-order valence-electron chi connectivity index (χ0n) is 10.6. The molecular weight excluding hydrogens is 375 g/mol. The van der Waals surface area contributed by atoms with Crippen LogP contribution in [0.3, 0.4) is 0 Å². The maximum atomic E-state index is 11.8. The predicted octanol–water partition coefficient (Wildman–Crippen LogP) is 5.34. The molecule has 0 aliphatic carbocycles. The minimum absolute atomic E-state index is 0.183. The number of nitrogens with one attached hydrogen (secondary N) is 2. The van der Waals surface area contributed by atoms with Crippen molar-refractivity contribution >= 4 is 61.4 Å². The summed E-state index contributed by atoms with van der Waals surface area (Å²) >= 11 is 15.3. The van der Waals surface area contributed by atoms with Gasteiger partial charge in [-0.3, -0.25) is 4.79 Å². The van der Waals surface area contributed by atoms with Gasteiger partial charge in [-0.25, -0.2) is 0 Å². The molecule has 0 spiro atoms. The number of aromatic amines is 1. The number of para-hydroxylation sites is 1. The van der Waals surface area contributed by atoms with E-state index < -0.39 is 0 Å². The Labute approximate surface area is 139 Å². The van der Waals surface area contributed by atoms with Gasteiger partial charge in [0, 0.05) is 21.6 Å². The van der Waals surface area contributed by atoms with Crippen LogP contribution in [0.4, 0.5) is 11.4 Å². The summed E-state index contributed by atoms with van der Waals surface area (Å²) in [7, 11) is 0. The van der Waals surface area contributed by atoms with Crippen LogP contribution in [-0.2, 0) is 0 Å². The summed E-state index contributed by atoms with van der Waals surface area (Å²) in [6.07, 6.45) is 0. The number of pyridine rings is 1. The second-order valence-corrected chi connectivity index (χ2v) is 6.13. The number of aromatic nitrogens is 1. The highest BCUT2D eigenvalue weighted by molar-refractivity contribution is 9.10. The van der Waals surface area contributed by atoms with Gasteiger partial charge in [0.25, 0.3) is 5.56 Å². The van der Waals surface area contributed by atoms with Crippen LogP contribution >= 0.6 is 39.1 Å². The van der Waals surface area contributed by atoms with Crippen molar-refractivity contribution in [2.75, 3.05) is 5.32 Å². The van der Waals surface area contributed by atoms with Crippen LogP contribution in [0.2, 0.25) is 10.0 Å². The van der Waals surface area contributed by atoms with Crippen LogP contribution in [0, 0.1) is 0 Å². The van der Waals surface area contributed by atoms with Gasteiger partial charge in [-0.15, -0.1) is 0 Å². The van der Waals surface area contributed by atoms with Crippen LogP contribution in [0.5, 0.6) is 0 Å². The molecule has 0 aliphatic heterocycles. The van der Waals surface area contributed by atoms with Gasteiger partial charge in [-0.1, -0.05) is 35.3 Å². The van der Waals surface area contributed by atoms with Crippen molar-refractivity contribution in [1.29, 1.82) is 0 Å². The number of rotatable bonds is 2. The van der Waals surface area contributed by atoms with Gasteiger partial charge in [0.15, 0.2) is 0 Å². The Bertz CT molecular complexity index is 892. The third kappa shape index (κ3) is 2.93. The molecule has 106 valence electrons. The molecule has 0 saturated heterocycles. The van der Waals surface area contributed by atoms with E-state index in [1.54, 1.807) is 18.2 Å². The molecule has 0 unspecified atom stereocenters. The van der Waals surface area contributed by atoms with Crippen LogP contribution in [0.25, 0.3) is 10.9 Å². The van der Waals surface area contributed by atoms with E-state index in [0.29, 0.717) is 15.7 Å². The Kier molecular flexibility index (Phi) is 3.93. The molecule has 0 aliphatic rings. The molecule has 1 heterocycles. The lowest BCUT2D eigenvalue weighted by Crippen LogP contribution is -2.06. The lowest BCUT2D eigenvalue weighted by molar-refractivity contribution is 1.30. The summed E-state index contributed by atoms with van der Waals surface area (Å²) in [5.74, 6) is 0. The maximum Gasteiger partial charge on any atom is 0.250 e. The van der Waals surface area contributed by atoms with E-state index in [1.807, 2.05) is 18.2 Å². The van der Waals surface area contributed by atoms with E-state index in [2.05, 4.69) is 26.2 Å². The number of H-pyrrole nitrogens is 1. The molecule has 0 bridgehead atoms. The Hall–Kier alpha value is -1.49. The van der Waals surface area contributed by atoms with E-state index in [1.165, 1.54) is 6.07 Å². The van der Waals surface area contributed by atoms with E-state index in [9.17, 15) is 4.79 Å². The fourth-order valence-corrected chi connectivity index (χ4v) is 2.84. The molecule has 3 aromatic rings. The van der Waals surface area contributed by atoms with Crippen molar-refractivity contribution in [3.8, 4) is 0 Å². The van der Waals surface area contributed by atoms with E-state index in [0.717, 1.165) is 21.1 Å². The summed E-state index contributed by atoms with van der Waals surface area (Å²) in [6.45, 7) is 0. The molecule has 1 aromatic heterocycles. The first kappa shape index (κ1) is 14.4. The van der Waals surface area contributed by atoms with Crippen molar-refractivity contribution in [3.05, 3.63) is 67.3 Å². The predicted molar refractivity (Wildman–Crippen MR) is 92.0 cm³/mol. The largest absolute Gasteiger partial charge is 0.355 e. The number of hydrogen-bond acceptors (Lipinski definition) is 2. The summed E-state index contributed by atoms with van der Waals surface area (Å²) < 4.78 is 0.829. The number of fused-ring (bicyclic) bond motifs is 1. The average molecular weight is 384 g/mol. The molecule has 2 N–H and O–H groups in total. The summed E-state index contributed by atoms with van der Waals surface area (Å²) in [4.78, 5) is 14.6. The van der Waals surface area contributed by atoms with E-state index in [4.69, 9.17) is 23.2 Å². The Morgan fingerprint density at radius 1 is 1.05 bits per heavy atom. The highest BCUT2D eigenvalue weighted by Gasteiger charge is 2.07. The summed E-state index contributed by atoms with van der Waals surface area (Å²) in [6, 6.07) is 12.4. The average Bonchev–Trinajstić information content (AvgIpc) is 2.44. The summed E-state index contributed by atoms with van der Waals surface area (Å²) in [5, 5.41) is 5.04. The second kappa shape index (κ2) is 5.72. The number of anilines is 2. The molecule has 3 rings (SSSR count). The number of halogens is 3. The molecule has 0 atom stereocenters. The quantitative estimate of drug-likeness (QED) is 0.627. The smallest absolute Gasteiger partial charge is 0.250 e. The van der Waals surface area contributed by atoms with Crippen molar-refractivity contribution in [2.45, 2.75) is 0 Å².